The van der Waals surface area contributed by atoms with Crippen molar-refractivity contribution in [1.29, 1.82) is 0 Å². The monoisotopic (exact) mass is 660 g/mol. The number of amides is 1. The molecule has 252 valence electrons. The van der Waals surface area contributed by atoms with Gasteiger partial charge in [0.1, 0.15) is 23.0 Å². The number of anilines is 4. The first kappa shape index (κ1) is 30.3. The topological polar surface area (TPSA) is 118 Å². The van der Waals surface area contributed by atoms with E-state index in [2.05, 4.69) is 49.6 Å². The van der Waals surface area contributed by atoms with Gasteiger partial charge < -0.3 is 24.1 Å². The maximum Gasteiger partial charge on any atom is 0.276 e. The fraction of sp³-hybridized carbons (Fsp3) is 0.432. The standard InChI is InChI=1S/C37H40N8O4/c1-21-16-42(25-19-49-20-25)8-9-43(21)24-4-5-33(39-15-24)40-31-12-23(17-41(3)36(31)47)26-6-7-38-35(30(26)18-46)45-11-10-44-32(37(45)48)14-28-22(2)27-13-29(27)34(28)44/h4-7,12,14-15,17-18,21-22,25,27,29H,8-11,13,16,19-20H2,1-3H3,(H,39,40)/t21-,22+,27?,29+/m0/s1. The Morgan fingerprint density at radius 3 is 2.61 bits per heavy atom. The van der Waals surface area contributed by atoms with Crippen LogP contribution in [0, 0.1) is 5.92 Å². The molecule has 1 N–H and O–H groups in total. The number of aldehydes is 1. The van der Waals surface area contributed by atoms with Gasteiger partial charge in [0.2, 0.25) is 0 Å². The molecule has 5 aliphatic rings. The zero-order valence-corrected chi connectivity index (χ0v) is 28.0. The SMILES string of the molecule is C[C@H]1c2cc3n(c2[C@@H]2CC12)CCN(c1nccc(-c2cc(Nc4ccc(N5CCN(C6COC6)C[C@@H]5C)cn4)c(=O)n(C)c2)c1C=O)C3=O. The minimum absolute atomic E-state index is 0.139. The van der Waals surface area contributed by atoms with Gasteiger partial charge >= 0.3 is 0 Å². The molecule has 2 aliphatic carbocycles. The number of hydrogen-bond acceptors (Lipinski definition) is 9. The van der Waals surface area contributed by atoms with Crippen LogP contribution < -0.4 is 20.7 Å². The van der Waals surface area contributed by atoms with E-state index in [1.165, 1.54) is 22.2 Å². The summed E-state index contributed by atoms with van der Waals surface area (Å²) in [5.74, 6) is 2.50. The van der Waals surface area contributed by atoms with E-state index in [9.17, 15) is 14.4 Å². The second-order valence-corrected chi connectivity index (χ2v) is 14.3. The average molecular weight is 661 g/mol. The first-order valence-corrected chi connectivity index (χ1v) is 17.3. The van der Waals surface area contributed by atoms with E-state index in [4.69, 9.17) is 4.74 Å². The van der Waals surface area contributed by atoms with Crippen molar-refractivity contribution >= 4 is 35.2 Å². The van der Waals surface area contributed by atoms with E-state index >= 15 is 0 Å². The summed E-state index contributed by atoms with van der Waals surface area (Å²) < 4.78 is 9.07. The molecule has 1 amide bonds. The number of carbonyl (C=O) groups is 2. The summed E-state index contributed by atoms with van der Waals surface area (Å²) in [6.45, 7) is 10.1. The molecule has 3 aliphatic heterocycles. The molecule has 3 fully saturated rings. The lowest BCUT2D eigenvalue weighted by Crippen LogP contribution is -2.59. The highest BCUT2D eigenvalue weighted by Crippen LogP contribution is 2.63. The number of hydrogen-bond donors (Lipinski definition) is 1. The molecule has 1 saturated carbocycles. The summed E-state index contributed by atoms with van der Waals surface area (Å²) in [6.07, 6.45) is 7.14. The van der Waals surface area contributed by atoms with Gasteiger partial charge in [-0.2, -0.15) is 0 Å². The Morgan fingerprint density at radius 2 is 1.88 bits per heavy atom. The normalized spacial score (nSPS) is 24.7. The van der Waals surface area contributed by atoms with Gasteiger partial charge in [0.25, 0.3) is 11.5 Å². The molecule has 0 bridgehead atoms. The van der Waals surface area contributed by atoms with Crippen molar-refractivity contribution in [3.05, 3.63) is 81.8 Å². The fourth-order valence-corrected chi connectivity index (χ4v) is 8.63. The largest absolute Gasteiger partial charge is 0.378 e. The molecule has 0 spiro atoms. The second-order valence-electron chi connectivity index (χ2n) is 14.3. The molecular formula is C37H40N8O4. The predicted molar refractivity (Wildman–Crippen MR) is 186 cm³/mol. The molecule has 7 heterocycles. The van der Waals surface area contributed by atoms with Gasteiger partial charge in [-0.25, -0.2) is 9.97 Å². The van der Waals surface area contributed by atoms with Gasteiger partial charge in [-0.15, -0.1) is 0 Å². The van der Waals surface area contributed by atoms with E-state index < -0.39 is 0 Å². The molecule has 12 heteroatoms. The quantitative estimate of drug-likeness (QED) is 0.294. The molecule has 4 aromatic rings. The lowest BCUT2D eigenvalue weighted by atomic mass is 10.0. The van der Waals surface area contributed by atoms with Crippen LogP contribution >= 0.6 is 0 Å². The molecule has 4 aromatic heterocycles. The van der Waals surface area contributed by atoms with E-state index in [0.29, 0.717) is 76.7 Å². The molecule has 0 radical (unpaired) electrons. The molecular weight excluding hydrogens is 620 g/mol. The van der Waals surface area contributed by atoms with Gasteiger partial charge in [-0.1, -0.05) is 6.92 Å². The Labute approximate surface area is 284 Å². The first-order valence-electron chi connectivity index (χ1n) is 17.3. The van der Waals surface area contributed by atoms with Crippen LogP contribution in [0.4, 0.5) is 23.0 Å². The molecule has 12 nitrogen and oxygen atoms in total. The highest BCUT2D eigenvalue weighted by atomic mass is 16.5. The van der Waals surface area contributed by atoms with Crippen LogP contribution in [0.25, 0.3) is 11.1 Å². The fourth-order valence-electron chi connectivity index (χ4n) is 8.63. The van der Waals surface area contributed by atoms with Gasteiger partial charge in [0.15, 0.2) is 6.29 Å². The molecule has 0 aromatic carbocycles. The maximum atomic E-state index is 13.9. The maximum absolute atomic E-state index is 13.9. The zero-order chi connectivity index (χ0) is 33.6. The van der Waals surface area contributed by atoms with Crippen molar-refractivity contribution in [3.8, 4) is 11.1 Å². The van der Waals surface area contributed by atoms with E-state index in [1.807, 2.05) is 18.3 Å². The highest BCUT2D eigenvalue weighted by Gasteiger charge is 2.53. The number of ether oxygens (including phenoxy) is 1. The molecule has 1 unspecified atom stereocenters. The molecule has 2 saturated heterocycles. The number of pyridine rings is 3. The summed E-state index contributed by atoms with van der Waals surface area (Å²) in [6, 6.07) is 10.3. The van der Waals surface area contributed by atoms with E-state index in [0.717, 1.165) is 50.7 Å². The van der Waals surface area contributed by atoms with Crippen molar-refractivity contribution in [2.75, 3.05) is 54.5 Å². The number of aromatic nitrogens is 4. The van der Waals surface area contributed by atoms with Crippen LogP contribution in [0.3, 0.4) is 0 Å². The third kappa shape index (κ3) is 4.83. The number of nitrogens with zero attached hydrogens (tertiary/aromatic N) is 7. The minimum atomic E-state index is -0.228. The van der Waals surface area contributed by atoms with Gasteiger partial charge in [-0.05, 0) is 66.6 Å². The summed E-state index contributed by atoms with van der Waals surface area (Å²) in [5, 5.41) is 3.21. The smallest absolute Gasteiger partial charge is 0.276 e. The Morgan fingerprint density at radius 1 is 1.02 bits per heavy atom. The second kappa shape index (κ2) is 11.4. The minimum Gasteiger partial charge on any atom is -0.378 e. The number of aryl methyl sites for hydroxylation is 1. The Bertz CT molecular complexity index is 2050. The lowest BCUT2D eigenvalue weighted by Gasteiger charge is -2.46. The number of rotatable bonds is 7. The van der Waals surface area contributed by atoms with Crippen LogP contribution in [0.2, 0.25) is 0 Å². The summed E-state index contributed by atoms with van der Waals surface area (Å²) in [4.78, 5) is 55.6. The number of piperazine rings is 1. The van der Waals surface area contributed by atoms with Gasteiger partial charge in [0, 0.05) is 75.4 Å². The average Bonchev–Trinajstić information content (AvgIpc) is 3.69. The third-order valence-corrected chi connectivity index (χ3v) is 11.5. The van der Waals surface area contributed by atoms with Gasteiger partial charge in [0.05, 0.1) is 36.7 Å². The van der Waals surface area contributed by atoms with Crippen molar-refractivity contribution in [2.24, 2.45) is 13.0 Å². The van der Waals surface area contributed by atoms with Crippen molar-refractivity contribution in [1.82, 2.24) is 24.0 Å². The Kier molecular flexibility index (Phi) is 7.03. The first-order chi connectivity index (χ1) is 23.8. The van der Waals surface area contributed by atoms with Crippen LogP contribution in [0.5, 0.6) is 0 Å². The number of carbonyl (C=O) groups excluding carboxylic acids is 2. The Hall–Kier alpha value is -4.81. The summed E-state index contributed by atoms with van der Waals surface area (Å²) in [5.41, 5.74) is 5.99. The van der Waals surface area contributed by atoms with Crippen LogP contribution in [-0.4, -0.2) is 87.7 Å². The molecule has 4 atom stereocenters. The van der Waals surface area contributed by atoms with Crippen molar-refractivity contribution in [2.45, 2.75) is 50.7 Å². The number of nitrogens with one attached hydrogen (secondary N) is 1. The van der Waals surface area contributed by atoms with Gasteiger partial charge in [-0.3, -0.25) is 24.2 Å². The highest BCUT2D eigenvalue weighted by molar-refractivity contribution is 6.09. The lowest BCUT2D eigenvalue weighted by molar-refractivity contribution is -0.0691. The Balaban J connectivity index is 0.970. The summed E-state index contributed by atoms with van der Waals surface area (Å²) >= 11 is 0. The van der Waals surface area contributed by atoms with Crippen LogP contribution in [0.15, 0.2) is 53.7 Å². The predicted octanol–water partition coefficient (Wildman–Crippen LogP) is 3.99. The number of fused-ring (bicyclic) bond motifs is 5. The zero-order valence-electron chi connectivity index (χ0n) is 28.0. The van der Waals surface area contributed by atoms with E-state index in [-0.39, 0.29) is 11.5 Å². The van der Waals surface area contributed by atoms with E-state index in [1.54, 1.807) is 36.5 Å². The van der Waals surface area contributed by atoms with Crippen LogP contribution in [0.1, 0.15) is 64.2 Å². The summed E-state index contributed by atoms with van der Waals surface area (Å²) in [7, 11) is 1.68. The van der Waals surface area contributed by atoms with Crippen LogP contribution in [-0.2, 0) is 18.3 Å². The molecule has 49 heavy (non-hydrogen) atoms. The molecule has 9 rings (SSSR count). The van der Waals surface area contributed by atoms with Crippen molar-refractivity contribution < 1.29 is 14.3 Å². The third-order valence-electron chi connectivity index (χ3n) is 11.5. The van der Waals surface area contributed by atoms with Crippen molar-refractivity contribution in [3.63, 3.8) is 0 Å².